The first-order valence-electron chi connectivity index (χ1n) is 10.6. The van der Waals surface area contributed by atoms with Gasteiger partial charge in [0.2, 0.25) is 5.82 Å². The average molecular weight is 456 g/mol. The molecule has 7 nitrogen and oxygen atoms in total. The number of halogens is 1. The second kappa shape index (κ2) is 8.82. The number of ether oxygens (including phenoxy) is 1. The number of nitrogens with zero attached hydrogens (tertiary/aromatic N) is 2. The number of nitrogens with one attached hydrogen (secondary N) is 1. The molecule has 1 fully saturated rings. The summed E-state index contributed by atoms with van der Waals surface area (Å²) in [7, 11) is 0. The molecule has 1 saturated carbocycles. The Morgan fingerprint density at radius 3 is 2.59 bits per heavy atom. The van der Waals surface area contributed by atoms with Crippen molar-refractivity contribution < 1.29 is 19.2 Å². The Balaban J connectivity index is 1.44. The highest BCUT2D eigenvalue weighted by molar-refractivity contribution is 6.32. The van der Waals surface area contributed by atoms with Crippen LogP contribution >= 0.6 is 11.6 Å². The molecule has 4 rings (SSSR count). The summed E-state index contributed by atoms with van der Waals surface area (Å²) < 4.78 is 11.1. The number of benzene rings is 2. The van der Waals surface area contributed by atoms with Crippen molar-refractivity contribution in [3.8, 4) is 28.6 Å². The van der Waals surface area contributed by atoms with E-state index in [1.165, 1.54) is 0 Å². The van der Waals surface area contributed by atoms with E-state index < -0.39 is 11.4 Å². The third-order valence-electron chi connectivity index (χ3n) is 5.74. The summed E-state index contributed by atoms with van der Waals surface area (Å²) in [5.74, 6) is 0.736. The van der Waals surface area contributed by atoms with Crippen molar-refractivity contribution in [1.82, 2.24) is 10.1 Å². The molecule has 1 aliphatic carbocycles. The van der Waals surface area contributed by atoms with Crippen molar-refractivity contribution in [3.63, 3.8) is 0 Å². The van der Waals surface area contributed by atoms with Gasteiger partial charge in [0.15, 0.2) is 0 Å². The van der Waals surface area contributed by atoms with Crippen molar-refractivity contribution in [2.24, 2.45) is 5.41 Å². The molecule has 2 aromatic carbocycles. The Hall–Kier alpha value is -3.06. The zero-order valence-electron chi connectivity index (χ0n) is 18.3. The van der Waals surface area contributed by atoms with E-state index in [2.05, 4.69) is 15.5 Å². The molecule has 0 amide bonds. The van der Waals surface area contributed by atoms with Crippen molar-refractivity contribution >= 4 is 23.3 Å². The number of hydrogen-bond donors (Lipinski definition) is 2. The summed E-state index contributed by atoms with van der Waals surface area (Å²) in [4.78, 5) is 15.9. The predicted molar refractivity (Wildman–Crippen MR) is 123 cm³/mol. The topological polar surface area (TPSA) is 97.5 Å². The highest BCUT2D eigenvalue weighted by Crippen LogP contribution is 2.39. The normalized spacial score (nSPS) is 20.5. The van der Waals surface area contributed by atoms with E-state index >= 15 is 0 Å². The van der Waals surface area contributed by atoms with E-state index in [4.69, 9.17) is 20.9 Å². The lowest BCUT2D eigenvalue weighted by Gasteiger charge is -2.19. The highest BCUT2D eigenvalue weighted by atomic mass is 35.5. The molecule has 8 heteroatoms. The van der Waals surface area contributed by atoms with Crippen LogP contribution in [0.5, 0.6) is 5.75 Å². The molecular formula is C24H26ClN3O4. The molecule has 2 atom stereocenters. The van der Waals surface area contributed by atoms with Gasteiger partial charge in [-0.2, -0.15) is 4.98 Å². The third kappa shape index (κ3) is 4.72. The first-order chi connectivity index (χ1) is 15.2. The van der Waals surface area contributed by atoms with Gasteiger partial charge in [-0.1, -0.05) is 16.8 Å². The van der Waals surface area contributed by atoms with Crippen LogP contribution in [0.2, 0.25) is 5.02 Å². The van der Waals surface area contributed by atoms with Crippen molar-refractivity contribution in [1.29, 1.82) is 0 Å². The number of aliphatic carboxylic acids is 1. The maximum Gasteiger partial charge on any atom is 0.309 e. The van der Waals surface area contributed by atoms with E-state index in [0.717, 1.165) is 23.2 Å². The van der Waals surface area contributed by atoms with E-state index in [0.29, 0.717) is 35.3 Å². The molecule has 1 aromatic heterocycles. The minimum Gasteiger partial charge on any atom is -0.489 e. The SMILES string of the molecule is CC(C)Oc1ccc(-c2noc(-c3ccc(N[C@H]4CCC(C)(C(=O)O)C4)cc3)n2)cc1Cl. The number of hydrogen-bond acceptors (Lipinski definition) is 6. The Labute approximate surface area is 191 Å². The van der Waals surface area contributed by atoms with Crippen LogP contribution in [-0.4, -0.2) is 33.4 Å². The van der Waals surface area contributed by atoms with E-state index in [-0.39, 0.29) is 12.1 Å². The zero-order valence-corrected chi connectivity index (χ0v) is 19.0. The molecule has 0 aliphatic heterocycles. The zero-order chi connectivity index (χ0) is 22.9. The highest BCUT2D eigenvalue weighted by Gasteiger charge is 2.41. The molecule has 0 bridgehead atoms. The van der Waals surface area contributed by atoms with Gasteiger partial charge in [-0.15, -0.1) is 0 Å². The Kier molecular flexibility index (Phi) is 6.11. The molecule has 168 valence electrons. The van der Waals surface area contributed by atoms with E-state index in [9.17, 15) is 9.90 Å². The molecule has 2 N–H and O–H groups in total. The van der Waals surface area contributed by atoms with Gasteiger partial charge in [0.25, 0.3) is 5.89 Å². The molecule has 32 heavy (non-hydrogen) atoms. The fourth-order valence-electron chi connectivity index (χ4n) is 3.95. The molecule has 0 radical (unpaired) electrons. The summed E-state index contributed by atoms with van der Waals surface area (Å²) >= 11 is 6.32. The largest absolute Gasteiger partial charge is 0.489 e. The van der Waals surface area contributed by atoms with E-state index in [1.807, 2.05) is 51.1 Å². The summed E-state index contributed by atoms with van der Waals surface area (Å²) in [6.45, 7) is 5.69. The standard InChI is InChI=1S/C24H26ClN3O4/c1-14(2)31-20-9-6-16(12-19(20)25)21-27-22(32-28-21)15-4-7-17(8-5-15)26-18-10-11-24(3,13-18)23(29)30/h4-9,12,14,18,26H,10-11,13H2,1-3H3,(H,29,30)/t18-,24?/m0/s1. The summed E-state index contributed by atoms with van der Waals surface area (Å²) in [5.41, 5.74) is 1.81. The minimum atomic E-state index is -0.729. The van der Waals surface area contributed by atoms with Crippen molar-refractivity contribution in [2.45, 2.75) is 52.2 Å². The number of rotatable bonds is 7. The number of carbonyl (C=O) groups is 1. The second-order valence-electron chi connectivity index (χ2n) is 8.76. The quantitative estimate of drug-likeness (QED) is 0.457. The molecule has 3 aromatic rings. The van der Waals surface area contributed by atoms with Gasteiger partial charge >= 0.3 is 5.97 Å². The third-order valence-corrected chi connectivity index (χ3v) is 6.03. The van der Waals surface area contributed by atoms with Gasteiger partial charge in [0.05, 0.1) is 16.5 Å². The molecule has 1 heterocycles. The molecular weight excluding hydrogens is 430 g/mol. The first kappa shape index (κ1) is 22.1. The van der Waals surface area contributed by atoms with Gasteiger partial charge in [0.1, 0.15) is 5.75 Å². The van der Waals surface area contributed by atoms with Crippen molar-refractivity contribution in [2.75, 3.05) is 5.32 Å². The predicted octanol–water partition coefficient (Wildman–Crippen LogP) is 5.90. The summed E-state index contributed by atoms with van der Waals surface area (Å²) in [5, 5.41) is 17.4. The molecule has 0 saturated heterocycles. The Morgan fingerprint density at radius 1 is 1.25 bits per heavy atom. The number of carboxylic acid groups (broad SMARTS) is 1. The maximum absolute atomic E-state index is 11.4. The number of aromatic nitrogens is 2. The van der Waals surface area contributed by atoms with Gasteiger partial charge in [-0.3, -0.25) is 4.79 Å². The number of anilines is 1. The van der Waals surface area contributed by atoms with E-state index in [1.54, 1.807) is 12.1 Å². The molecule has 1 aliphatic rings. The number of carboxylic acids is 1. The molecule has 0 spiro atoms. The van der Waals surface area contributed by atoms with Crippen LogP contribution in [0.25, 0.3) is 22.8 Å². The van der Waals surface area contributed by atoms with Crippen LogP contribution in [0, 0.1) is 5.41 Å². The Bertz CT molecular complexity index is 1110. The van der Waals surface area contributed by atoms with Gasteiger partial charge < -0.3 is 19.7 Å². The van der Waals surface area contributed by atoms with Crippen LogP contribution in [0.4, 0.5) is 5.69 Å². The molecule has 1 unspecified atom stereocenters. The lowest BCUT2D eigenvalue weighted by Crippen LogP contribution is -2.26. The Morgan fingerprint density at radius 2 is 1.97 bits per heavy atom. The van der Waals surface area contributed by atoms with Crippen LogP contribution in [0.1, 0.15) is 40.0 Å². The van der Waals surface area contributed by atoms with Crippen molar-refractivity contribution in [3.05, 3.63) is 47.5 Å². The maximum atomic E-state index is 11.4. The fraction of sp³-hybridized carbons (Fsp3) is 0.375. The van der Waals surface area contributed by atoms with Crippen LogP contribution < -0.4 is 10.1 Å². The smallest absolute Gasteiger partial charge is 0.309 e. The fourth-order valence-corrected chi connectivity index (χ4v) is 4.18. The minimum absolute atomic E-state index is 0.0305. The van der Waals surface area contributed by atoms with Gasteiger partial charge in [-0.05, 0) is 82.5 Å². The lowest BCUT2D eigenvalue weighted by molar-refractivity contribution is -0.147. The van der Waals surface area contributed by atoms with Crippen LogP contribution in [0.3, 0.4) is 0 Å². The van der Waals surface area contributed by atoms with Gasteiger partial charge in [-0.25, -0.2) is 0 Å². The average Bonchev–Trinajstić information content (AvgIpc) is 3.38. The first-order valence-corrected chi connectivity index (χ1v) is 11.0. The summed E-state index contributed by atoms with van der Waals surface area (Å²) in [6.07, 6.45) is 2.15. The van der Waals surface area contributed by atoms with Crippen LogP contribution in [0.15, 0.2) is 47.0 Å². The summed E-state index contributed by atoms with van der Waals surface area (Å²) in [6, 6.07) is 13.2. The van der Waals surface area contributed by atoms with Crippen LogP contribution in [-0.2, 0) is 4.79 Å². The monoisotopic (exact) mass is 455 g/mol. The lowest BCUT2D eigenvalue weighted by atomic mass is 9.89. The second-order valence-corrected chi connectivity index (χ2v) is 9.17. The van der Waals surface area contributed by atoms with Gasteiger partial charge in [0, 0.05) is 22.9 Å².